The number of rotatable bonds is 14. The number of carbonyl (C=O) groups excluding carboxylic acids is 2. The van der Waals surface area contributed by atoms with Gasteiger partial charge >= 0.3 is 5.97 Å². The quantitative estimate of drug-likeness (QED) is 0.207. The number of ether oxygens (including phenoxy) is 2. The molecule has 3 rings (SSSR count). The first-order chi connectivity index (χ1) is 18.3. The molecule has 12 heteroatoms. The van der Waals surface area contributed by atoms with Crippen LogP contribution in [0.5, 0.6) is 0 Å². The highest BCUT2D eigenvalue weighted by molar-refractivity contribution is 6.30. The van der Waals surface area contributed by atoms with Crippen LogP contribution >= 0.6 is 11.6 Å². The average Bonchev–Trinajstić information content (AvgIpc) is 3.44. The van der Waals surface area contributed by atoms with Gasteiger partial charge in [0.05, 0.1) is 18.7 Å². The number of halogens is 2. The van der Waals surface area contributed by atoms with Crippen molar-refractivity contribution in [1.29, 1.82) is 0 Å². The molecule has 10 nitrogen and oxygen atoms in total. The van der Waals surface area contributed by atoms with Crippen molar-refractivity contribution in [2.45, 2.75) is 18.9 Å². The van der Waals surface area contributed by atoms with Gasteiger partial charge in [0.1, 0.15) is 5.82 Å². The summed E-state index contributed by atoms with van der Waals surface area (Å²) in [7, 11) is 3.43. The Hall–Kier alpha value is -3.38. The van der Waals surface area contributed by atoms with E-state index in [2.05, 4.69) is 20.7 Å². The zero-order valence-electron chi connectivity index (χ0n) is 21.2. The highest BCUT2D eigenvalue weighted by atomic mass is 35.5. The Bertz CT molecular complexity index is 1180. The van der Waals surface area contributed by atoms with Crippen LogP contribution in [0.2, 0.25) is 5.02 Å². The number of amides is 1. The summed E-state index contributed by atoms with van der Waals surface area (Å²) in [5.41, 5.74) is 1.99. The van der Waals surface area contributed by atoms with Crippen molar-refractivity contribution < 1.29 is 28.6 Å². The number of aromatic nitrogens is 3. The molecule has 2 atom stereocenters. The molecule has 3 N–H and O–H groups in total. The fourth-order valence-corrected chi connectivity index (χ4v) is 4.24. The third kappa shape index (κ3) is 8.59. The van der Waals surface area contributed by atoms with E-state index in [-0.39, 0.29) is 17.9 Å². The zero-order chi connectivity index (χ0) is 27.5. The number of likely N-dealkylation sites (N-methyl/N-ethyl adjacent to an activating group) is 1. The van der Waals surface area contributed by atoms with Gasteiger partial charge in [0, 0.05) is 36.8 Å². The monoisotopic (exact) mass is 547 g/mol. The minimum Gasteiger partial charge on any atom is -0.438 e. The van der Waals surface area contributed by atoms with E-state index in [0.29, 0.717) is 42.3 Å². The van der Waals surface area contributed by atoms with Crippen LogP contribution < -0.4 is 5.32 Å². The van der Waals surface area contributed by atoms with E-state index in [0.717, 1.165) is 5.56 Å². The van der Waals surface area contributed by atoms with Gasteiger partial charge < -0.3 is 24.8 Å². The van der Waals surface area contributed by atoms with E-state index in [1.165, 1.54) is 18.3 Å². The Morgan fingerprint density at radius 2 is 2.00 bits per heavy atom. The normalized spacial score (nSPS) is 12.8. The molecule has 1 amide bonds. The lowest BCUT2D eigenvalue weighted by Crippen LogP contribution is -2.42. The highest BCUT2D eigenvalue weighted by Crippen LogP contribution is 2.27. The third-order valence-corrected chi connectivity index (χ3v) is 6.21. The summed E-state index contributed by atoms with van der Waals surface area (Å²) < 4.78 is 24.3. The second-order valence-corrected chi connectivity index (χ2v) is 9.27. The van der Waals surface area contributed by atoms with E-state index in [1.54, 1.807) is 25.3 Å². The molecule has 204 valence electrons. The second kappa shape index (κ2) is 14.5. The van der Waals surface area contributed by atoms with Crippen molar-refractivity contribution in [3.8, 4) is 11.1 Å². The number of aliphatic hydroxyl groups is 1. The first-order valence-electron chi connectivity index (χ1n) is 12.0. The summed E-state index contributed by atoms with van der Waals surface area (Å²) in [5.74, 6) is -2.07. The maximum atomic E-state index is 14.3. The number of aliphatic hydroxyl groups excluding tert-OH is 1. The van der Waals surface area contributed by atoms with Gasteiger partial charge in [-0.05, 0) is 49.2 Å². The van der Waals surface area contributed by atoms with Crippen molar-refractivity contribution in [1.82, 2.24) is 25.6 Å². The van der Waals surface area contributed by atoms with Gasteiger partial charge in [0.25, 0.3) is 5.91 Å². The molecule has 0 aliphatic heterocycles. The lowest BCUT2D eigenvalue weighted by atomic mass is 9.93. The van der Waals surface area contributed by atoms with Crippen molar-refractivity contribution in [3.05, 3.63) is 70.8 Å². The molecule has 0 bridgehead atoms. The van der Waals surface area contributed by atoms with Gasteiger partial charge in [-0.3, -0.25) is 9.59 Å². The van der Waals surface area contributed by atoms with Crippen molar-refractivity contribution in [2.75, 3.05) is 40.6 Å². The van der Waals surface area contributed by atoms with Crippen LogP contribution in [0.15, 0.2) is 48.7 Å². The third-order valence-electron chi connectivity index (χ3n) is 5.98. The molecule has 2 aromatic carbocycles. The van der Waals surface area contributed by atoms with Crippen molar-refractivity contribution >= 4 is 23.5 Å². The fourth-order valence-electron chi connectivity index (χ4n) is 4.07. The molecule has 0 saturated carbocycles. The van der Waals surface area contributed by atoms with Crippen LogP contribution in [0.3, 0.4) is 0 Å². The van der Waals surface area contributed by atoms with E-state index in [9.17, 15) is 14.0 Å². The van der Waals surface area contributed by atoms with Crippen LogP contribution in [0.1, 0.15) is 22.5 Å². The standard InChI is InChI=1S/C26H31ClFN5O5/c1-33(9-10-37-2)15-19(26(36)38-16-34)12-21(30-25(35)24-14-29-32-31-24)11-17-3-5-18(6-4-17)22-13-20(27)7-8-23(22)28/h3-8,13-14,19,21,34H,9-12,15-16H2,1-2H3,(H,30,35)(H,29,31,32)/t19-,21+/m0/s1. The molecule has 0 unspecified atom stereocenters. The molecular weight excluding hydrogens is 517 g/mol. The predicted molar refractivity (Wildman–Crippen MR) is 139 cm³/mol. The Morgan fingerprint density at radius 3 is 2.66 bits per heavy atom. The molecule has 0 aliphatic carbocycles. The fraction of sp³-hybridized carbons (Fsp3) is 0.385. The lowest BCUT2D eigenvalue weighted by Gasteiger charge is -2.27. The number of hydrogen-bond acceptors (Lipinski definition) is 8. The number of esters is 1. The first kappa shape index (κ1) is 29.2. The van der Waals surface area contributed by atoms with Gasteiger partial charge in [-0.25, -0.2) is 4.39 Å². The number of methoxy groups -OCH3 is 1. The minimum atomic E-state index is -0.741. The lowest BCUT2D eigenvalue weighted by molar-refractivity contribution is -0.158. The molecule has 1 aromatic heterocycles. The van der Waals surface area contributed by atoms with Crippen molar-refractivity contribution in [3.63, 3.8) is 0 Å². The molecule has 3 aromatic rings. The zero-order valence-corrected chi connectivity index (χ0v) is 21.9. The topological polar surface area (TPSA) is 130 Å². The maximum absolute atomic E-state index is 14.3. The molecule has 38 heavy (non-hydrogen) atoms. The van der Waals surface area contributed by atoms with Crippen LogP contribution in [0, 0.1) is 11.7 Å². The van der Waals surface area contributed by atoms with Gasteiger partial charge in [-0.2, -0.15) is 15.4 Å². The smallest absolute Gasteiger partial charge is 0.312 e. The number of nitrogens with one attached hydrogen (secondary N) is 2. The van der Waals surface area contributed by atoms with Crippen LogP contribution in [0.4, 0.5) is 4.39 Å². The number of aromatic amines is 1. The molecule has 0 saturated heterocycles. The highest BCUT2D eigenvalue weighted by Gasteiger charge is 2.27. The van der Waals surface area contributed by atoms with E-state index in [1.807, 2.05) is 24.1 Å². The first-order valence-corrected chi connectivity index (χ1v) is 12.3. The number of hydrogen-bond donors (Lipinski definition) is 3. The number of nitrogens with zero attached hydrogens (tertiary/aromatic N) is 3. The van der Waals surface area contributed by atoms with E-state index >= 15 is 0 Å². The predicted octanol–water partition coefficient (Wildman–Crippen LogP) is 2.68. The molecule has 0 aliphatic rings. The average molecular weight is 548 g/mol. The van der Waals surface area contributed by atoms with Gasteiger partial charge in [0.15, 0.2) is 12.5 Å². The molecule has 1 heterocycles. The Morgan fingerprint density at radius 1 is 1.24 bits per heavy atom. The maximum Gasteiger partial charge on any atom is 0.312 e. The van der Waals surface area contributed by atoms with E-state index in [4.69, 9.17) is 26.2 Å². The van der Waals surface area contributed by atoms with Gasteiger partial charge in [0.2, 0.25) is 0 Å². The summed E-state index contributed by atoms with van der Waals surface area (Å²) in [5, 5.41) is 22.4. The summed E-state index contributed by atoms with van der Waals surface area (Å²) in [6, 6.07) is 11.1. The van der Waals surface area contributed by atoms with Gasteiger partial charge in [-0.15, -0.1) is 0 Å². The Balaban J connectivity index is 1.81. The molecule has 0 fully saturated rings. The Kier molecular flexibility index (Phi) is 11.2. The SMILES string of the molecule is COCCN(C)C[C@H](C[C@@H](Cc1ccc(-c2cc(Cl)ccc2F)cc1)NC(=O)c1cn[nH]n1)C(=O)OCO. The molecule has 0 spiro atoms. The Labute approximate surface area is 225 Å². The summed E-state index contributed by atoms with van der Waals surface area (Å²) in [6.45, 7) is 0.640. The number of carbonyl (C=O) groups is 2. The number of benzene rings is 2. The molecule has 0 radical (unpaired) electrons. The summed E-state index contributed by atoms with van der Waals surface area (Å²) in [4.78, 5) is 27.4. The second-order valence-electron chi connectivity index (χ2n) is 8.83. The van der Waals surface area contributed by atoms with Gasteiger partial charge in [-0.1, -0.05) is 35.9 Å². The van der Waals surface area contributed by atoms with Crippen LogP contribution in [-0.4, -0.2) is 84.0 Å². The number of H-pyrrole nitrogens is 1. The van der Waals surface area contributed by atoms with E-state index < -0.39 is 30.6 Å². The molecular formula is C26H31ClFN5O5. The van der Waals surface area contributed by atoms with Crippen molar-refractivity contribution in [2.24, 2.45) is 5.92 Å². The van der Waals surface area contributed by atoms with Crippen LogP contribution in [-0.2, 0) is 20.7 Å². The summed E-state index contributed by atoms with van der Waals surface area (Å²) >= 11 is 6.04. The largest absolute Gasteiger partial charge is 0.438 e. The summed E-state index contributed by atoms with van der Waals surface area (Å²) in [6.07, 6.45) is 1.90. The van der Waals surface area contributed by atoms with Crippen LogP contribution in [0.25, 0.3) is 11.1 Å². The minimum absolute atomic E-state index is 0.105.